The van der Waals surface area contributed by atoms with Gasteiger partial charge in [-0.15, -0.1) is 11.3 Å². The number of amides is 2. The van der Waals surface area contributed by atoms with E-state index in [1.807, 2.05) is 29.2 Å². The van der Waals surface area contributed by atoms with Crippen molar-refractivity contribution in [3.8, 4) is 10.4 Å². The lowest BCUT2D eigenvalue weighted by Crippen LogP contribution is -2.26. The van der Waals surface area contributed by atoms with Gasteiger partial charge in [-0.05, 0) is 35.7 Å². The molecule has 0 radical (unpaired) electrons. The van der Waals surface area contributed by atoms with Gasteiger partial charge in [0.25, 0.3) is 5.91 Å². The van der Waals surface area contributed by atoms with E-state index in [1.54, 1.807) is 30.3 Å². The third-order valence-electron chi connectivity index (χ3n) is 5.06. The van der Waals surface area contributed by atoms with Crippen molar-refractivity contribution >= 4 is 23.2 Å². The molecule has 0 atom stereocenters. The van der Waals surface area contributed by atoms with Crippen LogP contribution in [0.2, 0.25) is 0 Å². The van der Waals surface area contributed by atoms with Gasteiger partial charge >= 0.3 is 0 Å². The predicted molar refractivity (Wildman–Crippen MR) is 112 cm³/mol. The van der Waals surface area contributed by atoms with Crippen molar-refractivity contribution in [2.24, 2.45) is 0 Å². The van der Waals surface area contributed by atoms with E-state index >= 15 is 0 Å². The summed E-state index contributed by atoms with van der Waals surface area (Å²) in [5.41, 5.74) is 2.53. The van der Waals surface area contributed by atoms with Gasteiger partial charge in [0, 0.05) is 36.5 Å². The quantitative estimate of drug-likeness (QED) is 0.648. The second-order valence-electron chi connectivity index (χ2n) is 7.01. The molecule has 0 aliphatic carbocycles. The van der Waals surface area contributed by atoms with E-state index in [4.69, 9.17) is 0 Å². The Hall–Kier alpha value is -2.99. The number of thiophene rings is 1. The van der Waals surface area contributed by atoms with Crippen molar-refractivity contribution in [1.29, 1.82) is 0 Å². The van der Waals surface area contributed by atoms with Crippen LogP contribution in [0.15, 0.2) is 60.7 Å². The fourth-order valence-electron chi connectivity index (χ4n) is 3.49. The molecule has 1 aliphatic rings. The summed E-state index contributed by atoms with van der Waals surface area (Å²) in [5.74, 6) is -0.306. The number of hydrogen-bond acceptors (Lipinski definition) is 3. The normalized spacial score (nSPS) is 13.7. The second-order valence-corrected chi connectivity index (χ2v) is 8.10. The first kappa shape index (κ1) is 19.3. The average Bonchev–Trinajstić information content (AvgIpc) is 3.37. The number of rotatable bonds is 6. The maximum absolute atomic E-state index is 14.0. The molecule has 3 aromatic rings. The zero-order valence-corrected chi connectivity index (χ0v) is 16.7. The lowest BCUT2D eigenvalue weighted by atomic mass is 10.1. The number of nitrogens with zero attached hydrogens (tertiary/aromatic N) is 1. The predicted octanol–water partition coefficient (Wildman–Crippen LogP) is 4.61. The molecule has 0 spiro atoms. The van der Waals surface area contributed by atoms with Gasteiger partial charge in [-0.2, -0.15) is 0 Å². The molecule has 4 rings (SSSR count). The van der Waals surface area contributed by atoms with Crippen molar-refractivity contribution in [1.82, 2.24) is 10.2 Å². The van der Waals surface area contributed by atoms with E-state index in [0.29, 0.717) is 30.0 Å². The van der Waals surface area contributed by atoms with Crippen LogP contribution < -0.4 is 5.32 Å². The first-order chi connectivity index (χ1) is 14.1. The van der Waals surface area contributed by atoms with Crippen LogP contribution in [-0.2, 0) is 17.9 Å². The fourth-order valence-corrected chi connectivity index (χ4v) is 4.44. The van der Waals surface area contributed by atoms with Crippen LogP contribution >= 0.6 is 11.3 Å². The number of hydrogen-bond donors (Lipinski definition) is 1. The first-order valence-electron chi connectivity index (χ1n) is 9.59. The Morgan fingerprint density at radius 3 is 2.55 bits per heavy atom. The fraction of sp³-hybridized carbons (Fsp3) is 0.217. The number of halogens is 1. The van der Waals surface area contributed by atoms with Crippen molar-refractivity contribution in [2.45, 2.75) is 25.9 Å². The Morgan fingerprint density at radius 1 is 1.03 bits per heavy atom. The Labute approximate surface area is 173 Å². The topological polar surface area (TPSA) is 49.4 Å². The maximum Gasteiger partial charge on any atom is 0.261 e. The minimum atomic E-state index is -0.299. The Morgan fingerprint density at radius 2 is 1.79 bits per heavy atom. The molecule has 0 unspecified atom stereocenters. The van der Waals surface area contributed by atoms with E-state index in [0.717, 1.165) is 29.0 Å². The van der Waals surface area contributed by atoms with Crippen LogP contribution in [0.3, 0.4) is 0 Å². The minimum Gasteiger partial charge on any atom is -0.347 e. The van der Waals surface area contributed by atoms with Gasteiger partial charge in [0.2, 0.25) is 5.91 Å². The number of nitrogens with one attached hydrogen (secondary N) is 1. The molecular weight excluding hydrogens is 387 g/mol. The molecule has 1 saturated heterocycles. The van der Waals surface area contributed by atoms with Gasteiger partial charge < -0.3 is 10.2 Å². The van der Waals surface area contributed by atoms with Crippen LogP contribution in [-0.4, -0.2) is 23.3 Å². The molecule has 1 N–H and O–H groups in total. The monoisotopic (exact) mass is 408 g/mol. The SMILES string of the molecule is O=C(NCc1ccccc1CN1CCCC1=O)c1ccc(-c2ccccc2F)s1. The van der Waals surface area contributed by atoms with E-state index in [2.05, 4.69) is 5.32 Å². The molecule has 29 heavy (non-hydrogen) atoms. The molecule has 2 amide bonds. The van der Waals surface area contributed by atoms with Crippen LogP contribution in [0.25, 0.3) is 10.4 Å². The highest BCUT2D eigenvalue weighted by Crippen LogP contribution is 2.30. The summed E-state index contributed by atoms with van der Waals surface area (Å²) in [7, 11) is 0. The second kappa shape index (κ2) is 8.57. The smallest absolute Gasteiger partial charge is 0.261 e. The van der Waals surface area contributed by atoms with Crippen LogP contribution in [0.1, 0.15) is 33.6 Å². The Kier molecular flexibility index (Phi) is 5.71. The van der Waals surface area contributed by atoms with Crippen molar-refractivity contribution < 1.29 is 14.0 Å². The van der Waals surface area contributed by atoms with Crippen LogP contribution in [0.4, 0.5) is 4.39 Å². The maximum atomic E-state index is 14.0. The molecule has 2 aromatic carbocycles. The van der Waals surface area contributed by atoms with E-state index < -0.39 is 0 Å². The highest BCUT2D eigenvalue weighted by Gasteiger charge is 2.21. The van der Waals surface area contributed by atoms with Gasteiger partial charge in [0.05, 0.1) is 4.88 Å². The van der Waals surface area contributed by atoms with Gasteiger partial charge in [-0.1, -0.05) is 42.5 Å². The summed E-state index contributed by atoms with van der Waals surface area (Å²) in [6.07, 6.45) is 1.52. The summed E-state index contributed by atoms with van der Waals surface area (Å²) in [6.45, 7) is 1.73. The highest BCUT2D eigenvalue weighted by molar-refractivity contribution is 7.17. The molecule has 1 aromatic heterocycles. The van der Waals surface area contributed by atoms with Gasteiger partial charge in [0.1, 0.15) is 5.82 Å². The van der Waals surface area contributed by atoms with Gasteiger partial charge in [-0.3, -0.25) is 9.59 Å². The molecule has 1 aliphatic heterocycles. The minimum absolute atomic E-state index is 0.183. The Bertz CT molecular complexity index is 1050. The van der Waals surface area contributed by atoms with E-state index in [9.17, 15) is 14.0 Å². The molecule has 6 heteroatoms. The van der Waals surface area contributed by atoms with E-state index in [-0.39, 0.29) is 17.6 Å². The summed E-state index contributed by atoms with van der Waals surface area (Å²) >= 11 is 1.27. The number of carbonyl (C=O) groups is 2. The summed E-state index contributed by atoms with van der Waals surface area (Å²) in [5, 5.41) is 2.95. The van der Waals surface area contributed by atoms with Crippen molar-refractivity contribution in [2.75, 3.05) is 6.54 Å². The number of carbonyl (C=O) groups excluding carboxylic acids is 2. The Balaban J connectivity index is 1.43. The molecule has 1 fully saturated rings. The molecular formula is C23H21FN2O2S. The number of likely N-dealkylation sites (tertiary alicyclic amines) is 1. The molecule has 148 valence electrons. The molecule has 4 nitrogen and oxygen atoms in total. The third-order valence-corrected chi connectivity index (χ3v) is 6.18. The van der Waals surface area contributed by atoms with Gasteiger partial charge in [-0.25, -0.2) is 4.39 Å². The average molecular weight is 408 g/mol. The summed E-state index contributed by atoms with van der Waals surface area (Å²) < 4.78 is 14.0. The molecule has 0 saturated carbocycles. The third kappa shape index (κ3) is 4.38. The lowest BCUT2D eigenvalue weighted by Gasteiger charge is -2.18. The van der Waals surface area contributed by atoms with Crippen LogP contribution in [0, 0.1) is 5.82 Å². The first-order valence-corrected chi connectivity index (χ1v) is 10.4. The summed E-state index contributed by atoms with van der Waals surface area (Å²) in [4.78, 5) is 27.6. The standard InChI is InChI=1S/C23H21FN2O2S/c24-19-9-4-3-8-18(19)20-11-12-21(29-20)23(28)25-14-16-6-1-2-7-17(16)15-26-13-5-10-22(26)27/h1-4,6-9,11-12H,5,10,13-15H2,(H,25,28). The highest BCUT2D eigenvalue weighted by atomic mass is 32.1. The zero-order valence-electron chi connectivity index (χ0n) is 15.9. The largest absolute Gasteiger partial charge is 0.347 e. The summed E-state index contributed by atoms with van der Waals surface area (Å²) in [6, 6.07) is 17.9. The number of benzene rings is 2. The lowest BCUT2D eigenvalue weighted by molar-refractivity contribution is -0.128. The zero-order chi connectivity index (χ0) is 20.2. The van der Waals surface area contributed by atoms with Crippen molar-refractivity contribution in [3.63, 3.8) is 0 Å². The van der Waals surface area contributed by atoms with Crippen molar-refractivity contribution in [3.05, 3.63) is 82.5 Å². The van der Waals surface area contributed by atoms with E-state index in [1.165, 1.54) is 17.4 Å². The molecule has 2 heterocycles. The van der Waals surface area contributed by atoms with Crippen LogP contribution in [0.5, 0.6) is 0 Å². The van der Waals surface area contributed by atoms with Gasteiger partial charge in [0.15, 0.2) is 0 Å². The molecule has 0 bridgehead atoms.